The highest BCUT2D eigenvalue weighted by Crippen LogP contribution is 2.46. The predicted molar refractivity (Wildman–Crippen MR) is 248 cm³/mol. The summed E-state index contributed by atoms with van der Waals surface area (Å²) in [5, 5.41) is 5.25. The van der Waals surface area contributed by atoms with Crippen molar-refractivity contribution in [2.75, 3.05) is 9.80 Å². The molecule has 274 valence electrons. The minimum Gasteiger partial charge on any atom is -0.311 e. The Bertz CT molecular complexity index is 2800. The Labute approximate surface area is 343 Å². The van der Waals surface area contributed by atoms with Crippen LogP contribution < -0.4 is 46.9 Å². The molecule has 0 saturated carbocycles. The van der Waals surface area contributed by atoms with Crippen LogP contribution in [0.15, 0.2) is 182 Å². The summed E-state index contributed by atoms with van der Waals surface area (Å²) < 4.78 is 26.5. The van der Waals surface area contributed by atoms with Crippen molar-refractivity contribution in [1.29, 1.82) is 0 Å². The Hall–Kier alpha value is -6.36. The smallest absolute Gasteiger partial charge is 0.252 e. The highest BCUT2D eigenvalue weighted by Gasteiger charge is 2.47. The van der Waals surface area contributed by atoms with Gasteiger partial charge in [-0.2, -0.15) is 0 Å². The van der Waals surface area contributed by atoms with E-state index in [0.29, 0.717) is 5.56 Å². The summed E-state index contributed by atoms with van der Waals surface area (Å²) in [5.41, 5.74) is 14.4. The molecule has 0 radical (unpaired) electrons. The summed E-state index contributed by atoms with van der Waals surface area (Å²) >= 11 is 0. The van der Waals surface area contributed by atoms with E-state index in [2.05, 4.69) is 207 Å². The van der Waals surface area contributed by atoms with Crippen molar-refractivity contribution in [3.63, 3.8) is 0 Å². The normalized spacial score (nSPS) is 13.9. The molecular weight excluding hydrogens is 703 g/mol. The van der Waals surface area contributed by atoms with E-state index in [1.807, 2.05) is 12.1 Å². The molecule has 2 heterocycles. The SMILES string of the molecule is [2H]C([2H])([2H])c1cc2c3c(c1)N(c1c(C)cccc1C)c1ccc([Si](c4ccccc4)(c4ccccc4)c4ccccc4)cc1B3c1cc(C)ccc1N2c1ccc(C)cc1. The lowest BCUT2D eigenvalue weighted by atomic mass is 9.33. The zero-order chi connectivity index (χ0) is 41.3. The first kappa shape index (κ1) is 31.8. The summed E-state index contributed by atoms with van der Waals surface area (Å²) in [4.78, 5) is 4.67. The second-order valence-corrected chi connectivity index (χ2v) is 19.6. The van der Waals surface area contributed by atoms with E-state index in [1.165, 1.54) is 42.8 Å². The molecule has 0 aromatic heterocycles. The lowest BCUT2D eigenvalue weighted by Crippen LogP contribution is -2.75. The molecule has 0 amide bonds. The van der Waals surface area contributed by atoms with Gasteiger partial charge in [-0.25, -0.2) is 0 Å². The fourth-order valence-corrected chi connectivity index (χ4v) is 14.6. The van der Waals surface area contributed by atoms with Gasteiger partial charge in [0, 0.05) is 32.5 Å². The van der Waals surface area contributed by atoms with Crippen LogP contribution in [0.25, 0.3) is 0 Å². The van der Waals surface area contributed by atoms with Crippen LogP contribution in [0.2, 0.25) is 0 Å². The maximum Gasteiger partial charge on any atom is 0.252 e. The van der Waals surface area contributed by atoms with Gasteiger partial charge < -0.3 is 9.80 Å². The molecule has 4 heteroatoms. The minimum atomic E-state index is -2.92. The minimum absolute atomic E-state index is 0.179. The summed E-state index contributed by atoms with van der Waals surface area (Å²) in [6.07, 6.45) is 0. The van der Waals surface area contributed by atoms with Gasteiger partial charge >= 0.3 is 0 Å². The zero-order valence-electron chi connectivity index (χ0n) is 35.8. The van der Waals surface area contributed by atoms with E-state index in [9.17, 15) is 0 Å². The number of anilines is 6. The number of fused-ring (bicyclic) bond motifs is 4. The molecule has 0 aliphatic carbocycles. The van der Waals surface area contributed by atoms with Crippen molar-refractivity contribution < 1.29 is 4.11 Å². The molecule has 0 spiro atoms. The average Bonchev–Trinajstić information content (AvgIpc) is 3.25. The van der Waals surface area contributed by atoms with Gasteiger partial charge in [0.2, 0.25) is 0 Å². The highest BCUT2D eigenvalue weighted by molar-refractivity contribution is 7.20. The average molecular weight is 752 g/mol. The molecule has 0 saturated heterocycles. The fraction of sp³-hybridized carbons (Fsp3) is 0.0943. The number of para-hydroxylation sites is 1. The lowest BCUT2D eigenvalue weighted by Gasteiger charge is -2.45. The van der Waals surface area contributed by atoms with Crippen molar-refractivity contribution in [1.82, 2.24) is 0 Å². The quantitative estimate of drug-likeness (QED) is 0.124. The van der Waals surface area contributed by atoms with Crippen molar-refractivity contribution in [3.05, 3.63) is 210 Å². The molecule has 0 N–H and O–H groups in total. The van der Waals surface area contributed by atoms with Crippen molar-refractivity contribution in [3.8, 4) is 0 Å². The maximum absolute atomic E-state index is 8.84. The molecule has 0 fully saturated rings. The Morgan fingerprint density at radius 2 is 0.930 bits per heavy atom. The Kier molecular flexibility index (Phi) is 7.64. The fourth-order valence-electron chi connectivity index (χ4n) is 9.79. The molecule has 2 aliphatic heterocycles. The van der Waals surface area contributed by atoms with E-state index in [4.69, 9.17) is 4.11 Å². The summed E-state index contributed by atoms with van der Waals surface area (Å²) in [6, 6.07) is 66.2. The largest absolute Gasteiger partial charge is 0.311 e. The van der Waals surface area contributed by atoms with E-state index in [-0.39, 0.29) is 6.71 Å². The number of rotatable bonds is 6. The van der Waals surface area contributed by atoms with E-state index in [1.54, 1.807) is 0 Å². The monoisotopic (exact) mass is 751 g/mol. The second kappa shape index (κ2) is 13.7. The van der Waals surface area contributed by atoms with E-state index < -0.39 is 14.9 Å². The van der Waals surface area contributed by atoms with Gasteiger partial charge in [-0.3, -0.25) is 0 Å². The molecule has 2 aliphatic rings. The number of hydrogen-bond acceptors (Lipinski definition) is 2. The third-order valence-electron chi connectivity index (χ3n) is 12.2. The van der Waals surface area contributed by atoms with Crippen LogP contribution in [0, 0.1) is 34.5 Å². The van der Waals surface area contributed by atoms with Gasteiger partial charge in [-0.15, -0.1) is 0 Å². The van der Waals surface area contributed by atoms with Gasteiger partial charge in [0.15, 0.2) is 8.07 Å². The Morgan fingerprint density at radius 1 is 0.421 bits per heavy atom. The molecule has 0 bridgehead atoms. The molecule has 8 aromatic rings. The first-order valence-corrected chi connectivity index (χ1v) is 21.9. The summed E-state index contributed by atoms with van der Waals surface area (Å²) in [6.45, 7) is 6.09. The number of aryl methyl sites for hydroxylation is 5. The number of hydrogen-bond donors (Lipinski definition) is 0. The number of nitrogens with zero attached hydrogens (tertiary/aromatic N) is 2. The van der Waals surface area contributed by atoms with Crippen molar-refractivity contribution in [2.24, 2.45) is 0 Å². The summed E-state index contributed by atoms with van der Waals surface area (Å²) in [7, 11) is -2.92. The van der Waals surface area contributed by atoms with Gasteiger partial charge in [0.1, 0.15) is 0 Å². The lowest BCUT2D eigenvalue weighted by molar-refractivity contribution is 1.20. The van der Waals surface area contributed by atoms with Crippen molar-refractivity contribution in [2.45, 2.75) is 34.5 Å². The standard InChI is InChI=1S/C53H45BN2Si/c1-36-24-27-41(28-25-36)55-48-30-26-37(2)32-46(48)54-47-35-45(57(42-18-9-6-10-19-42,43-20-11-7-12-21-43)44-22-13-8-14-23-44)29-31-49(47)56(53-39(4)16-15-17-40(53)5)51-34-38(3)33-50(55)52(51)54/h6-35H,1-5H3/i3D3. The molecule has 57 heavy (non-hydrogen) atoms. The summed E-state index contributed by atoms with van der Waals surface area (Å²) in [5.74, 6) is 0. The van der Waals surface area contributed by atoms with Crippen LogP contribution in [-0.2, 0) is 0 Å². The molecule has 0 atom stereocenters. The Morgan fingerprint density at radius 3 is 1.51 bits per heavy atom. The third kappa shape index (κ3) is 5.46. The van der Waals surface area contributed by atoms with Crippen LogP contribution in [0.4, 0.5) is 34.1 Å². The molecule has 2 nitrogen and oxygen atoms in total. The first-order chi connectivity index (χ1) is 29.1. The molecule has 0 unspecified atom stereocenters. The van der Waals surface area contributed by atoms with Crippen LogP contribution >= 0.6 is 0 Å². The highest BCUT2D eigenvalue weighted by atomic mass is 28.3. The van der Waals surface area contributed by atoms with Crippen molar-refractivity contribution >= 4 is 86.0 Å². The topological polar surface area (TPSA) is 6.48 Å². The number of benzene rings is 8. The van der Waals surface area contributed by atoms with Crippen LogP contribution in [0.1, 0.15) is 31.9 Å². The zero-order valence-corrected chi connectivity index (χ0v) is 33.8. The molecule has 10 rings (SSSR count). The van der Waals surface area contributed by atoms with E-state index >= 15 is 0 Å². The molecular formula is C53H45BN2Si. The molecule has 8 aromatic carbocycles. The maximum atomic E-state index is 8.84. The van der Waals surface area contributed by atoms with Crippen LogP contribution in [-0.4, -0.2) is 14.8 Å². The van der Waals surface area contributed by atoms with Gasteiger partial charge in [-0.1, -0.05) is 157 Å². The van der Waals surface area contributed by atoms with Gasteiger partial charge in [0.25, 0.3) is 6.71 Å². The van der Waals surface area contributed by atoms with Crippen LogP contribution in [0.5, 0.6) is 0 Å². The predicted octanol–water partition coefficient (Wildman–Crippen LogP) is 8.69. The van der Waals surface area contributed by atoms with Crippen LogP contribution in [0.3, 0.4) is 0 Å². The third-order valence-corrected chi connectivity index (χ3v) is 17.0. The van der Waals surface area contributed by atoms with Gasteiger partial charge in [0.05, 0.1) is 5.69 Å². The Balaban J connectivity index is 1.37. The van der Waals surface area contributed by atoms with Gasteiger partial charge in [-0.05, 0) is 125 Å². The second-order valence-electron chi connectivity index (χ2n) is 15.8. The van der Waals surface area contributed by atoms with E-state index in [0.717, 1.165) is 50.7 Å². The first-order valence-electron chi connectivity index (χ1n) is 21.4.